The number of aliphatic imine (C=N–C) groups is 1. The van der Waals surface area contributed by atoms with Crippen LogP contribution in [0, 0.1) is 0 Å². The maximum Gasteiger partial charge on any atom is 0.253 e. The van der Waals surface area contributed by atoms with Crippen molar-refractivity contribution in [3.63, 3.8) is 0 Å². The number of rotatable bonds is 9. The Balaban J connectivity index is 1.58. The normalized spacial score (nSPS) is 12.0. The predicted octanol–water partition coefficient (Wildman–Crippen LogP) is 4.72. The third kappa shape index (κ3) is 5.73. The molecule has 0 bridgehead atoms. The van der Waals surface area contributed by atoms with E-state index in [0.29, 0.717) is 23.1 Å². The molecule has 0 saturated carbocycles. The molecule has 0 saturated heterocycles. The number of methoxy groups -OCH3 is 1. The summed E-state index contributed by atoms with van der Waals surface area (Å²) >= 11 is 0. The van der Waals surface area contributed by atoms with Crippen LogP contribution >= 0.6 is 0 Å². The number of ether oxygens (including phenoxy) is 2. The number of carbonyl (C=O) groups is 1. The minimum absolute atomic E-state index is 0.234. The smallest absolute Gasteiger partial charge is 0.253 e. The summed E-state index contributed by atoms with van der Waals surface area (Å²) < 4.78 is 11.2. The number of nitrogens with one attached hydrogen (secondary N) is 2. The number of hydrogen-bond donors (Lipinski definition) is 3. The van der Waals surface area contributed by atoms with Crippen LogP contribution in [0.25, 0.3) is 10.9 Å². The molecule has 0 aliphatic heterocycles. The minimum Gasteiger partial charge on any atom is -0.457 e. The van der Waals surface area contributed by atoms with Gasteiger partial charge in [-0.2, -0.15) is 0 Å². The zero-order chi connectivity index (χ0) is 25.5. The van der Waals surface area contributed by atoms with Gasteiger partial charge >= 0.3 is 0 Å². The fourth-order valence-corrected chi connectivity index (χ4v) is 3.49. The average Bonchev–Trinajstić information content (AvgIpc) is 2.89. The van der Waals surface area contributed by atoms with Gasteiger partial charge in [0.25, 0.3) is 5.91 Å². The van der Waals surface area contributed by atoms with Gasteiger partial charge in [0.05, 0.1) is 11.9 Å². The van der Waals surface area contributed by atoms with E-state index in [-0.39, 0.29) is 5.91 Å². The second-order valence-electron chi connectivity index (χ2n) is 7.85. The van der Waals surface area contributed by atoms with Crippen LogP contribution in [-0.4, -0.2) is 40.4 Å². The van der Waals surface area contributed by atoms with Crippen molar-refractivity contribution in [2.24, 2.45) is 10.7 Å². The predicted molar refractivity (Wildman–Crippen MR) is 140 cm³/mol. The zero-order valence-electron chi connectivity index (χ0n) is 20.2. The quantitative estimate of drug-likeness (QED) is 0.229. The number of aromatic nitrogens is 3. The second-order valence-corrected chi connectivity index (χ2v) is 7.85. The molecule has 2 aromatic heterocycles. The molecule has 4 rings (SSSR count). The number of carbonyl (C=O) groups excluding carboxylic acids is 1. The molecular weight excluding hydrogens is 458 g/mol. The molecule has 4 N–H and O–H groups in total. The molecule has 0 fully saturated rings. The molecule has 0 spiro atoms. The van der Waals surface area contributed by atoms with Gasteiger partial charge in [0.2, 0.25) is 0 Å². The fourth-order valence-electron chi connectivity index (χ4n) is 3.49. The van der Waals surface area contributed by atoms with Crippen LogP contribution in [0.1, 0.15) is 19.4 Å². The van der Waals surface area contributed by atoms with Crippen LogP contribution in [-0.2, 0) is 16.0 Å². The number of nitrogens with zero attached hydrogens (tertiary/aromatic N) is 4. The third-order valence-corrected chi connectivity index (χ3v) is 5.48. The first-order chi connectivity index (χ1) is 17.5. The van der Waals surface area contributed by atoms with Crippen LogP contribution < -0.4 is 21.1 Å². The fraction of sp³-hybridized carbons (Fsp3) is 0.192. The third-order valence-electron chi connectivity index (χ3n) is 5.48. The number of pyridine rings is 1. The van der Waals surface area contributed by atoms with E-state index in [1.54, 1.807) is 31.3 Å². The lowest BCUT2D eigenvalue weighted by molar-refractivity contribution is -0.124. The van der Waals surface area contributed by atoms with Gasteiger partial charge in [0.15, 0.2) is 5.82 Å². The first kappa shape index (κ1) is 24.6. The number of hydrogen-bond acceptors (Lipinski definition) is 8. The van der Waals surface area contributed by atoms with Crippen molar-refractivity contribution in [2.45, 2.75) is 26.4 Å². The van der Waals surface area contributed by atoms with Gasteiger partial charge in [0, 0.05) is 36.1 Å². The summed E-state index contributed by atoms with van der Waals surface area (Å²) in [7, 11) is 1.49. The van der Waals surface area contributed by atoms with Crippen LogP contribution in [0.3, 0.4) is 0 Å². The molecule has 0 aliphatic carbocycles. The maximum atomic E-state index is 12.2. The van der Waals surface area contributed by atoms with Crippen LogP contribution in [0.2, 0.25) is 0 Å². The van der Waals surface area contributed by atoms with Crippen molar-refractivity contribution < 1.29 is 14.3 Å². The van der Waals surface area contributed by atoms with Crippen molar-refractivity contribution in [3.05, 3.63) is 66.6 Å². The van der Waals surface area contributed by atoms with Gasteiger partial charge in [-0.25, -0.2) is 19.9 Å². The molecule has 1 amide bonds. The number of amides is 1. The summed E-state index contributed by atoms with van der Waals surface area (Å²) in [5, 5.41) is 6.99. The monoisotopic (exact) mass is 485 g/mol. The summed E-state index contributed by atoms with van der Waals surface area (Å²) in [5.74, 6) is 2.18. The van der Waals surface area contributed by atoms with Gasteiger partial charge in [-0.1, -0.05) is 6.92 Å². The van der Waals surface area contributed by atoms with Gasteiger partial charge in [-0.3, -0.25) is 4.79 Å². The molecule has 184 valence electrons. The highest BCUT2D eigenvalue weighted by molar-refractivity contribution is 5.98. The van der Waals surface area contributed by atoms with Crippen LogP contribution in [0.15, 0.2) is 66.0 Å². The molecule has 36 heavy (non-hydrogen) atoms. The van der Waals surface area contributed by atoms with Gasteiger partial charge in [-0.15, -0.1) is 0 Å². The van der Waals surface area contributed by atoms with E-state index in [9.17, 15) is 4.79 Å². The summed E-state index contributed by atoms with van der Waals surface area (Å²) in [5.41, 5.74) is 8.57. The average molecular weight is 486 g/mol. The Kier molecular flexibility index (Phi) is 7.66. The lowest BCUT2D eigenvalue weighted by Gasteiger charge is -2.14. The van der Waals surface area contributed by atoms with E-state index in [4.69, 9.17) is 15.2 Å². The Morgan fingerprint density at radius 2 is 1.94 bits per heavy atom. The molecule has 2 aromatic carbocycles. The van der Waals surface area contributed by atoms with Gasteiger partial charge in [-0.05, 0) is 61.4 Å². The van der Waals surface area contributed by atoms with E-state index >= 15 is 0 Å². The SMILES string of the molecule is CCc1cc(Nc2ncnc3ccc(NC(=O)C(C)OC)cc23)ccc1Oc1ccnc(N=CN)c1. The Bertz CT molecular complexity index is 1410. The Morgan fingerprint density at radius 3 is 2.72 bits per heavy atom. The maximum absolute atomic E-state index is 12.2. The number of nitrogens with two attached hydrogens (primary N) is 1. The van der Waals surface area contributed by atoms with E-state index in [1.165, 1.54) is 19.8 Å². The van der Waals surface area contributed by atoms with Crippen molar-refractivity contribution >= 4 is 46.2 Å². The molecule has 1 unspecified atom stereocenters. The van der Waals surface area contributed by atoms with Crippen LogP contribution in [0.4, 0.5) is 23.0 Å². The topological polar surface area (TPSA) is 137 Å². The largest absolute Gasteiger partial charge is 0.457 e. The molecule has 4 aromatic rings. The van der Waals surface area contributed by atoms with Gasteiger partial charge in [0.1, 0.15) is 29.7 Å². The molecule has 2 heterocycles. The lowest BCUT2D eigenvalue weighted by atomic mass is 10.1. The van der Waals surface area contributed by atoms with Crippen molar-refractivity contribution in [2.75, 3.05) is 17.7 Å². The highest BCUT2D eigenvalue weighted by Gasteiger charge is 2.13. The van der Waals surface area contributed by atoms with Crippen molar-refractivity contribution in [1.82, 2.24) is 15.0 Å². The molecular formula is C26H27N7O3. The van der Waals surface area contributed by atoms with Crippen molar-refractivity contribution in [3.8, 4) is 11.5 Å². The number of anilines is 3. The van der Waals surface area contributed by atoms with Gasteiger partial charge < -0.3 is 25.8 Å². The highest BCUT2D eigenvalue weighted by Crippen LogP contribution is 2.32. The molecule has 0 aliphatic rings. The molecule has 0 radical (unpaired) electrons. The summed E-state index contributed by atoms with van der Waals surface area (Å²) in [6.07, 6.45) is 4.50. The number of aryl methyl sites for hydroxylation is 1. The highest BCUT2D eigenvalue weighted by atomic mass is 16.5. The molecule has 1 atom stereocenters. The lowest BCUT2D eigenvalue weighted by Crippen LogP contribution is -2.26. The first-order valence-corrected chi connectivity index (χ1v) is 11.4. The van der Waals surface area contributed by atoms with E-state index in [2.05, 4.69) is 37.5 Å². The van der Waals surface area contributed by atoms with E-state index in [1.807, 2.05) is 30.3 Å². The first-order valence-electron chi connectivity index (χ1n) is 11.4. The molecule has 10 nitrogen and oxygen atoms in total. The Labute approximate surface area is 208 Å². The zero-order valence-corrected chi connectivity index (χ0v) is 20.2. The van der Waals surface area contributed by atoms with E-state index in [0.717, 1.165) is 34.3 Å². The molecule has 10 heteroatoms. The summed E-state index contributed by atoms with van der Waals surface area (Å²) in [6, 6.07) is 14.8. The summed E-state index contributed by atoms with van der Waals surface area (Å²) in [4.78, 5) is 29.1. The number of fused-ring (bicyclic) bond motifs is 1. The standard InChI is InChI=1S/C26H27N7O3/c1-4-17-11-18(6-8-23(17)36-20-9-10-28-24(13-20)29-14-27)32-25-21-12-19(33-26(34)16(2)35-3)5-7-22(21)30-15-31-25/h5-16H,4H2,1-3H3,(H,33,34)(H2,27,28,29)(H,30,31,32). The van der Waals surface area contributed by atoms with Crippen LogP contribution in [0.5, 0.6) is 11.5 Å². The Hall–Kier alpha value is -4.57. The second kappa shape index (κ2) is 11.2. The summed E-state index contributed by atoms with van der Waals surface area (Å²) in [6.45, 7) is 3.74. The Morgan fingerprint density at radius 1 is 1.11 bits per heavy atom. The van der Waals surface area contributed by atoms with Crippen molar-refractivity contribution in [1.29, 1.82) is 0 Å². The number of benzene rings is 2. The van der Waals surface area contributed by atoms with E-state index < -0.39 is 6.10 Å². The minimum atomic E-state index is -0.564.